The number of amides is 1. The molecule has 0 aromatic heterocycles. The summed E-state index contributed by atoms with van der Waals surface area (Å²) in [5.74, 6) is 0.307. The zero-order valence-corrected chi connectivity index (χ0v) is 15.0. The lowest BCUT2D eigenvalue weighted by atomic mass is 10.2. The predicted molar refractivity (Wildman–Crippen MR) is 104 cm³/mol. The Labute approximate surface area is 162 Å². The van der Waals surface area contributed by atoms with Gasteiger partial charge in [-0.2, -0.15) is 0 Å². The first-order chi connectivity index (χ1) is 13.7. The third kappa shape index (κ3) is 6.17. The van der Waals surface area contributed by atoms with Crippen molar-refractivity contribution >= 4 is 17.9 Å². The molecule has 3 aromatic rings. The molecule has 0 fully saturated rings. The minimum atomic E-state index is -0.799. The highest BCUT2D eigenvalue weighted by Gasteiger charge is 2.08. The van der Waals surface area contributed by atoms with Gasteiger partial charge in [0.2, 0.25) is 0 Å². The number of nitrogens with one attached hydrogen (secondary N) is 1. The van der Waals surface area contributed by atoms with Crippen LogP contribution < -0.4 is 10.1 Å². The molecular formula is C22H19NO5. The molecule has 0 aliphatic heterocycles. The molecule has 0 heterocycles. The van der Waals surface area contributed by atoms with Crippen molar-refractivity contribution in [3.05, 3.63) is 96.1 Å². The van der Waals surface area contributed by atoms with Gasteiger partial charge < -0.3 is 14.2 Å². The van der Waals surface area contributed by atoms with Gasteiger partial charge in [0, 0.05) is 5.69 Å². The number of anilines is 1. The van der Waals surface area contributed by atoms with E-state index in [9.17, 15) is 9.59 Å². The van der Waals surface area contributed by atoms with Crippen molar-refractivity contribution in [1.82, 2.24) is 0 Å². The first-order valence-corrected chi connectivity index (χ1v) is 8.65. The largest absolute Gasteiger partial charge is 0.514 e. The Bertz CT molecular complexity index is 819. The highest BCUT2D eigenvalue weighted by Crippen LogP contribution is 2.17. The minimum Gasteiger partial charge on any atom is -0.444 e. The number of rotatable bonds is 6. The molecule has 1 amide bonds. The molecule has 0 spiro atoms. The van der Waals surface area contributed by atoms with E-state index in [1.165, 1.54) is 0 Å². The minimum absolute atomic E-state index is 0.132. The summed E-state index contributed by atoms with van der Waals surface area (Å²) < 4.78 is 15.3. The van der Waals surface area contributed by atoms with Crippen molar-refractivity contribution in [1.29, 1.82) is 0 Å². The van der Waals surface area contributed by atoms with Crippen molar-refractivity contribution in [2.75, 3.05) is 5.32 Å². The van der Waals surface area contributed by atoms with Gasteiger partial charge in [-0.05, 0) is 35.4 Å². The van der Waals surface area contributed by atoms with Crippen molar-refractivity contribution in [3.63, 3.8) is 0 Å². The average molecular weight is 377 g/mol. The lowest BCUT2D eigenvalue weighted by Gasteiger charge is -2.09. The fourth-order valence-corrected chi connectivity index (χ4v) is 2.33. The summed E-state index contributed by atoms with van der Waals surface area (Å²) in [7, 11) is 0. The van der Waals surface area contributed by atoms with E-state index in [1.807, 2.05) is 60.7 Å². The topological polar surface area (TPSA) is 73.9 Å². The maximum atomic E-state index is 11.8. The number of carbonyl (C=O) groups excluding carboxylic acids is 2. The molecule has 0 saturated heterocycles. The van der Waals surface area contributed by atoms with Gasteiger partial charge in [0.25, 0.3) is 0 Å². The third-order valence-corrected chi connectivity index (χ3v) is 3.71. The van der Waals surface area contributed by atoms with Crippen LogP contribution in [0, 0.1) is 0 Å². The molecule has 6 heteroatoms. The Balaban J connectivity index is 1.42. The normalized spacial score (nSPS) is 10.0. The second kappa shape index (κ2) is 9.78. The molecule has 0 aliphatic rings. The fraction of sp³-hybridized carbons (Fsp3) is 0.0909. The maximum absolute atomic E-state index is 11.8. The second-order valence-corrected chi connectivity index (χ2v) is 5.84. The molecule has 1 N–H and O–H groups in total. The van der Waals surface area contributed by atoms with Crippen molar-refractivity contribution < 1.29 is 23.8 Å². The van der Waals surface area contributed by atoms with Crippen LogP contribution in [0.3, 0.4) is 0 Å². The summed E-state index contributed by atoms with van der Waals surface area (Å²) in [5.41, 5.74) is 2.28. The van der Waals surface area contributed by atoms with Gasteiger partial charge in [-0.15, -0.1) is 0 Å². The molecule has 142 valence electrons. The van der Waals surface area contributed by atoms with Gasteiger partial charge in [-0.3, -0.25) is 5.32 Å². The molecule has 28 heavy (non-hydrogen) atoms. The third-order valence-electron chi connectivity index (χ3n) is 3.71. The van der Waals surface area contributed by atoms with Crippen LogP contribution in [-0.4, -0.2) is 12.2 Å². The fourth-order valence-electron chi connectivity index (χ4n) is 2.33. The lowest BCUT2D eigenvalue weighted by molar-refractivity contribution is 0.0927. The summed E-state index contributed by atoms with van der Waals surface area (Å²) in [5, 5.41) is 2.61. The molecule has 3 aromatic carbocycles. The van der Waals surface area contributed by atoms with E-state index in [4.69, 9.17) is 14.2 Å². The number of ether oxygens (including phenoxy) is 3. The zero-order chi connectivity index (χ0) is 19.6. The van der Waals surface area contributed by atoms with Crippen LogP contribution in [0.25, 0.3) is 0 Å². The smallest absolute Gasteiger partial charge is 0.444 e. The second-order valence-electron chi connectivity index (χ2n) is 5.84. The highest BCUT2D eigenvalue weighted by molar-refractivity contribution is 5.84. The molecule has 0 bridgehead atoms. The number of hydrogen-bond acceptors (Lipinski definition) is 5. The van der Waals surface area contributed by atoms with E-state index in [0.29, 0.717) is 11.4 Å². The standard InChI is InChI=1S/C22H19NO5/c24-21(26-15-17-7-3-1-4-8-17)23-19-11-13-20(14-12-19)28-22(25)27-16-18-9-5-2-6-10-18/h1-14H,15-16H2,(H,23,24). The maximum Gasteiger partial charge on any atom is 0.514 e. The molecule has 0 unspecified atom stereocenters. The van der Waals surface area contributed by atoms with E-state index >= 15 is 0 Å². The quantitative estimate of drug-likeness (QED) is 0.475. The van der Waals surface area contributed by atoms with Gasteiger partial charge in [0.1, 0.15) is 19.0 Å². The summed E-state index contributed by atoms with van der Waals surface area (Å²) in [6.07, 6.45) is -1.37. The summed E-state index contributed by atoms with van der Waals surface area (Å²) in [4.78, 5) is 23.6. The first kappa shape index (κ1) is 19.0. The van der Waals surface area contributed by atoms with Gasteiger partial charge in [0.05, 0.1) is 0 Å². The van der Waals surface area contributed by atoms with Gasteiger partial charge >= 0.3 is 12.2 Å². The van der Waals surface area contributed by atoms with Crippen LogP contribution >= 0.6 is 0 Å². The molecule has 0 radical (unpaired) electrons. The van der Waals surface area contributed by atoms with E-state index in [2.05, 4.69) is 5.32 Å². The van der Waals surface area contributed by atoms with E-state index < -0.39 is 12.2 Å². The van der Waals surface area contributed by atoms with Crippen LogP contribution in [-0.2, 0) is 22.7 Å². The molecule has 0 atom stereocenters. The molecule has 0 aliphatic carbocycles. The van der Waals surface area contributed by atoms with Crippen LogP contribution in [0.4, 0.5) is 15.3 Å². The van der Waals surface area contributed by atoms with E-state index in [-0.39, 0.29) is 13.2 Å². The number of hydrogen-bond donors (Lipinski definition) is 1. The van der Waals surface area contributed by atoms with Crippen LogP contribution in [0.5, 0.6) is 5.75 Å². The van der Waals surface area contributed by atoms with Crippen LogP contribution in [0.15, 0.2) is 84.9 Å². The van der Waals surface area contributed by atoms with Crippen molar-refractivity contribution in [2.45, 2.75) is 13.2 Å². The van der Waals surface area contributed by atoms with Gasteiger partial charge in [0.15, 0.2) is 0 Å². The molecular weight excluding hydrogens is 358 g/mol. The van der Waals surface area contributed by atoms with Crippen molar-refractivity contribution in [3.8, 4) is 5.75 Å². The highest BCUT2D eigenvalue weighted by atomic mass is 16.7. The zero-order valence-electron chi connectivity index (χ0n) is 15.0. The average Bonchev–Trinajstić information content (AvgIpc) is 2.74. The lowest BCUT2D eigenvalue weighted by Crippen LogP contribution is -2.13. The van der Waals surface area contributed by atoms with Crippen LogP contribution in [0.2, 0.25) is 0 Å². The monoisotopic (exact) mass is 377 g/mol. The Morgan fingerprint density at radius 3 is 1.79 bits per heavy atom. The summed E-state index contributed by atoms with van der Waals surface area (Å²) >= 11 is 0. The number of carbonyl (C=O) groups is 2. The Morgan fingerprint density at radius 2 is 1.21 bits per heavy atom. The SMILES string of the molecule is O=C(Nc1ccc(OC(=O)OCc2ccccc2)cc1)OCc1ccccc1. The van der Waals surface area contributed by atoms with E-state index in [0.717, 1.165) is 11.1 Å². The van der Waals surface area contributed by atoms with Gasteiger partial charge in [-0.1, -0.05) is 60.7 Å². The molecule has 3 rings (SSSR count). The molecule has 0 saturated carbocycles. The molecule has 6 nitrogen and oxygen atoms in total. The Kier molecular flexibility index (Phi) is 6.62. The summed E-state index contributed by atoms with van der Waals surface area (Å²) in [6, 6.07) is 25.0. The summed E-state index contributed by atoms with van der Waals surface area (Å²) in [6.45, 7) is 0.313. The van der Waals surface area contributed by atoms with Crippen molar-refractivity contribution in [2.24, 2.45) is 0 Å². The van der Waals surface area contributed by atoms with Gasteiger partial charge in [-0.25, -0.2) is 9.59 Å². The predicted octanol–water partition coefficient (Wildman–Crippen LogP) is 5.15. The Morgan fingerprint density at radius 1 is 0.679 bits per heavy atom. The first-order valence-electron chi connectivity index (χ1n) is 8.65. The number of benzene rings is 3. The Hall–Kier alpha value is -3.80. The van der Waals surface area contributed by atoms with E-state index in [1.54, 1.807) is 24.3 Å². The van der Waals surface area contributed by atoms with Crippen LogP contribution in [0.1, 0.15) is 11.1 Å².